The van der Waals surface area contributed by atoms with Gasteiger partial charge in [0.05, 0.1) is 17.3 Å². The Balaban J connectivity index is 2.15. The molecule has 6 heteroatoms. The summed E-state index contributed by atoms with van der Waals surface area (Å²) in [5, 5.41) is 0.223. The Hall–Kier alpha value is -0.650. The van der Waals surface area contributed by atoms with Gasteiger partial charge in [0.15, 0.2) is 0 Å². The fourth-order valence-electron chi connectivity index (χ4n) is 1.79. The highest BCUT2D eigenvalue weighted by Gasteiger charge is 2.31. The van der Waals surface area contributed by atoms with Gasteiger partial charge in [0.1, 0.15) is 18.0 Å². The smallest absolute Gasteiger partial charge is 0.222 e. The Bertz CT molecular complexity index is 441. The maximum absolute atomic E-state index is 5.83. The van der Waals surface area contributed by atoms with Gasteiger partial charge in [0, 0.05) is 6.20 Å². The Morgan fingerprint density at radius 1 is 1.65 bits per heavy atom. The highest BCUT2D eigenvalue weighted by Crippen LogP contribution is 2.37. The van der Waals surface area contributed by atoms with E-state index in [4.69, 9.17) is 21.1 Å². The van der Waals surface area contributed by atoms with E-state index in [0.717, 1.165) is 23.0 Å². The van der Waals surface area contributed by atoms with Crippen molar-refractivity contribution < 1.29 is 9.47 Å². The van der Waals surface area contributed by atoms with Crippen molar-refractivity contribution in [3.05, 3.63) is 34.0 Å². The first kappa shape index (κ1) is 12.8. The Morgan fingerprint density at radius 3 is 3.12 bits per heavy atom. The highest BCUT2D eigenvalue weighted by atomic mass is 79.9. The normalized spacial score (nSPS) is 23.7. The zero-order valence-electron chi connectivity index (χ0n) is 9.32. The van der Waals surface area contributed by atoms with Gasteiger partial charge in [-0.15, -0.1) is 0 Å². The predicted octanol–water partition coefficient (Wildman–Crippen LogP) is 3.27. The Morgan fingerprint density at radius 2 is 2.41 bits per heavy atom. The van der Waals surface area contributed by atoms with Gasteiger partial charge in [-0.05, 0) is 40.4 Å². The van der Waals surface area contributed by atoms with Crippen LogP contribution in [0.2, 0.25) is 5.28 Å². The molecule has 0 aliphatic carbocycles. The first-order chi connectivity index (χ1) is 8.11. The summed E-state index contributed by atoms with van der Waals surface area (Å²) in [6.07, 6.45) is 3.18. The van der Waals surface area contributed by atoms with E-state index < -0.39 is 0 Å². The van der Waals surface area contributed by atoms with Crippen molar-refractivity contribution in [1.82, 2.24) is 9.97 Å². The van der Waals surface area contributed by atoms with Crippen LogP contribution in [0.4, 0.5) is 0 Å². The number of rotatable bonds is 3. The molecule has 0 N–H and O–H groups in total. The van der Waals surface area contributed by atoms with Gasteiger partial charge in [0.25, 0.3) is 0 Å². The van der Waals surface area contributed by atoms with Crippen molar-refractivity contribution in [3.8, 4) is 0 Å². The molecule has 0 saturated carbocycles. The van der Waals surface area contributed by atoms with Crippen molar-refractivity contribution in [1.29, 1.82) is 0 Å². The molecule has 0 amide bonds. The van der Waals surface area contributed by atoms with Crippen molar-refractivity contribution in [3.63, 3.8) is 0 Å². The number of hydrogen-bond donors (Lipinski definition) is 0. The van der Waals surface area contributed by atoms with Gasteiger partial charge in [-0.25, -0.2) is 9.97 Å². The lowest BCUT2D eigenvalue weighted by Gasteiger charge is -2.15. The van der Waals surface area contributed by atoms with Crippen LogP contribution in [0, 0.1) is 0 Å². The van der Waals surface area contributed by atoms with Crippen molar-refractivity contribution >= 4 is 27.5 Å². The van der Waals surface area contributed by atoms with E-state index in [1.165, 1.54) is 0 Å². The summed E-state index contributed by atoms with van der Waals surface area (Å²) < 4.78 is 11.7. The summed E-state index contributed by atoms with van der Waals surface area (Å²) in [5.41, 5.74) is 0.774. The molecule has 1 aliphatic rings. The number of aromatic nitrogens is 2. The van der Waals surface area contributed by atoms with Crippen molar-refractivity contribution in [2.24, 2.45) is 0 Å². The number of ether oxygens (including phenoxy) is 2. The second kappa shape index (κ2) is 5.33. The fourth-order valence-corrected chi connectivity index (χ4v) is 2.38. The largest absolute Gasteiger partial charge is 0.499 e. The van der Waals surface area contributed by atoms with E-state index in [0.29, 0.717) is 5.76 Å². The van der Waals surface area contributed by atoms with Crippen molar-refractivity contribution in [2.45, 2.75) is 25.0 Å². The standard InChI is InChI=1S/C11H12BrClN2O2/c1-6(16-2)8-3-4-9(17-8)10-7(12)5-14-11(13)15-10/h5,8-9H,1,3-4H2,2H3. The van der Waals surface area contributed by atoms with Crippen LogP contribution in [0.15, 0.2) is 23.0 Å². The summed E-state index contributed by atoms with van der Waals surface area (Å²) in [7, 11) is 1.59. The molecule has 0 spiro atoms. The molecule has 0 radical (unpaired) electrons. The summed E-state index contributed by atoms with van der Waals surface area (Å²) >= 11 is 9.18. The molecule has 2 rings (SSSR count). The van der Waals surface area contributed by atoms with Crippen LogP contribution in [0.3, 0.4) is 0 Å². The van der Waals surface area contributed by atoms with E-state index >= 15 is 0 Å². The molecule has 2 atom stereocenters. The molecule has 2 heterocycles. The second-order valence-electron chi connectivity index (χ2n) is 3.73. The van der Waals surface area contributed by atoms with E-state index in [2.05, 4.69) is 32.5 Å². The van der Waals surface area contributed by atoms with Gasteiger partial charge in [-0.2, -0.15) is 0 Å². The van der Waals surface area contributed by atoms with Crippen LogP contribution in [0.25, 0.3) is 0 Å². The van der Waals surface area contributed by atoms with Crippen LogP contribution < -0.4 is 0 Å². The number of nitrogens with zero attached hydrogens (tertiary/aromatic N) is 2. The molecule has 92 valence electrons. The highest BCUT2D eigenvalue weighted by molar-refractivity contribution is 9.10. The number of hydrogen-bond acceptors (Lipinski definition) is 4. The van der Waals surface area contributed by atoms with E-state index in [9.17, 15) is 0 Å². The second-order valence-corrected chi connectivity index (χ2v) is 4.93. The minimum Gasteiger partial charge on any atom is -0.499 e. The summed E-state index contributed by atoms with van der Waals surface area (Å²) in [4.78, 5) is 8.08. The maximum atomic E-state index is 5.83. The lowest BCUT2D eigenvalue weighted by Crippen LogP contribution is -2.11. The van der Waals surface area contributed by atoms with Gasteiger partial charge in [-0.3, -0.25) is 0 Å². The van der Waals surface area contributed by atoms with Gasteiger partial charge in [0.2, 0.25) is 5.28 Å². The van der Waals surface area contributed by atoms with E-state index in [1.54, 1.807) is 13.3 Å². The molecule has 1 saturated heterocycles. The molecular weight excluding hydrogens is 307 g/mol. The molecule has 0 bridgehead atoms. The predicted molar refractivity (Wildman–Crippen MR) is 67.7 cm³/mol. The lowest BCUT2D eigenvalue weighted by molar-refractivity contribution is 0.0321. The average molecular weight is 320 g/mol. The lowest BCUT2D eigenvalue weighted by atomic mass is 10.1. The minimum atomic E-state index is -0.0956. The average Bonchev–Trinajstić information content (AvgIpc) is 2.80. The monoisotopic (exact) mass is 318 g/mol. The maximum Gasteiger partial charge on any atom is 0.222 e. The van der Waals surface area contributed by atoms with Crippen LogP contribution in [0.1, 0.15) is 24.6 Å². The summed E-state index contributed by atoms with van der Waals surface area (Å²) in [5.74, 6) is 0.642. The SMILES string of the molecule is C=C(OC)C1CCC(c2nc(Cl)ncc2Br)O1. The van der Waals surface area contributed by atoms with E-state index in [-0.39, 0.29) is 17.5 Å². The molecule has 1 aromatic heterocycles. The first-order valence-electron chi connectivity index (χ1n) is 5.18. The number of halogens is 2. The number of methoxy groups -OCH3 is 1. The molecule has 17 heavy (non-hydrogen) atoms. The third kappa shape index (κ3) is 2.78. The summed E-state index contributed by atoms with van der Waals surface area (Å²) in [6.45, 7) is 3.81. The third-order valence-electron chi connectivity index (χ3n) is 2.69. The molecular formula is C11H12BrClN2O2. The van der Waals surface area contributed by atoms with Crippen LogP contribution in [-0.2, 0) is 9.47 Å². The quantitative estimate of drug-likeness (QED) is 0.633. The zero-order valence-corrected chi connectivity index (χ0v) is 11.7. The first-order valence-corrected chi connectivity index (χ1v) is 6.35. The van der Waals surface area contributed by atoms with Crippen LogP contribution in [-0.4, -0.2) is 23.2 Å². The zero-order chi connectivity index (χ0) is 12.4. The van der Waals surface area contributed by atoms with Crippen LogP contribution >= 0.6 is 27.5 Å². The molecule has 1 fully saturated rings. The molecule has 0 aromatic carbocycles. The molecule has 2 unspecified atom stereocenters. The van der Waals surface area contributed by atoms with Gasteiger partial charge in [-0.1, -0.05) is 6.58 Å². The third-order valence-corrected chi connectivity index (χ3v) is 3.48. The topological polar surface area (TPSA) is 44.2 Å². The van der Waals surface area contributed by atoms with E-state index in [1.807, 2.05) is 0 Å². The Labute approximate surface area is 113 Å². The van der Waals surface area contributed by atoms with Crippen molar-refractivity contribution in [2.75, 3.05) is 7.11 Å². The summed E-state index contributed by atoms with van der Waals surface area (Å²) in [6, 6.07) is 0. The van der Waals surface area contributed by atoms with Gasteiger partial charge < -0.3 is 9.47 Å². The van der Waals surface area contributed by atoms with Crippen LogP contribution in [0.5, 0.6) is 0 Å². The molecule has 1 aliphatic heterocycles. The fraction of sp³-hybridized carbons (Fsp3) is 0.455. The minimum absolute atomic E-state index is 0.0781. The van der Waals surface area contributed by atoms with Gasteiger partial charge >= 0.3 is 0 Å². The Kier molecular flexibility index (Phi) is 4.01. The molecule has 4 nitrogen and oxygen atoms in total. The molecule has 1 aromatic rings.